The molecule has 0 spiro atoms. The first kappa shape index (κ1) is 14.8. The van der Waals surface area contributed by atoms with E-state index in [9.17, 15) is 23.2 Å². The molecule has 0 aromatic heterocycles. The van der Waals surface area contributed by atoms with Crippen molar-refractivity contribution in [2.45, 2.75) is 0 Å². The van der Waals surface area contributed by atoms with Crippen molar-refractivity contribution in [3.05, 3.63) is 64.7 Å². The number of carbonyl (C=O) groups is 3. The number of anilines is 1. The molecule has 0 atom stereocenters. The van der Waals surface area contributed by atoms with Gasteiger partial charge in [0.2, 0.25) is 0 Å². The Morgan fingerprint density at radius 2 is 1.74 bits per heavy atom. The number of carbonyl (C=O) groups excluding carboxylic acids is 3. The Balaban J connectivity index is 1.90. The van der Waals surface area contributed by atoms with Crippen molar-refractivity contribution in [2.24, 2.45) is 0 Å². The molecule has 0 aliphatic carbocycles. The molecule has 7 heteroatoms. The van der Waals surface area contributed by atoms with E-state index in [-0.39, 0.29) is 16.8 Å². The van der Waals surface area contributed by atoms with Gasteiger partial charge in [-0.2, -0.15) is 0 Å². The second kappa shape index (κ2) is 5.28. The van der Waals surface area contributed by atoms with Crippen LogP contribution in [0.15, 0.2) is 36.4 Å². The lowest BCUT2D eigenvalue weighted by Crippen LogP contribution is -2.24. The Morgan fingerprint density at radius 1 is 1.04 bits per heavy atom. The van der Waals surface area contributed by atoms with E-state index in [4.69, 9.17) is 0 Å². The minimum atomic E-state index is -1.25. The molecule has 116 valence electrons. The maximum atomic E-state index is 13.6. The van der Waals surface area contributed by atoms with E-state index < -0.39 is 34.9 Å². The van der Waals surface area contributed by atoms with E-state index in [0.717, 1.165) is 17.0 Å². The van der Waals surface area contributed by atoms with Crippen LogP contribution in [-0.2, 0) is 0 Å². The summed E-state index contributed by atoms with van der Waals surface area (Å²) in [5.41, 5.74) is 0.126. The SMILES string of the molecule is CN1C(=O)c2ccc(NC(=O)c3cccc(F)c3F)cc2C1=O. The highest BCUT2D eigenvalue weighted by Crippen LogP contribution is 2.25. The van der Waals surface area contributed by atoms with Crippen LogP contribution in [0.5, 0.6) is 0 Å². The lowest BCUT2D eigenvalue weighted by Gasteiger charge is -2.07. The topological polar surface area (TPSA) is 66.5 Å². The van der Waals surface area contributed by atoms with E-state index in [1.807, 2.05) is 0 Å². The van der Waals surface area contributed by atoms with Crippen molar-refractivity contribution in [1.29, 1.82) is 0 Å². The van der Waals surface area contributed by atoms with E-state index in [0.29, 0.717) is 0 Å². The van der Waals surface area contributed by atoms with Crippen LogP contribution in [0, 0.1) is 11.6 Å². The highest BCUT2D eigenvalue weighted by molar-refractivity contribution is 6.21. The zero-order valence-corrected chi connectivity index (χ0v) is 11.9. The average Bonchev–Trinajstić information content (AvgIpc) is 2.74. The number of nitrogens with one attached hydrogen (secondary N) is 1. The number of hydrogen-bond donors (Lipinski definition) is 1. The maximum Gasteiger partial charge on any atom is 0.261 e. The van der Waals surface area contributed by atoms with Gasteiger partial charge in [0.15, 0.2) is 11.6 Å². The van der Waals surface area contributed by atoms with Crippen LogP contribution in [0.25, 0.3) is 0 Å². The second-order valence-corrected chi connectivity index (χ2v) is 4.99. The standard InChI is InChI=1S/C16H10F2N2O3/c1-20-15(22)9-6-5-8(7-11(9)16(20)23)19-14(21)10-3-2-4-12(17)13(10)18/h2-7H,1H3,(H,19,21). The fraction of sp³-hybridized carbons (Fsp3) is 0.0625. The van der Waals surface area contributed by atoms with Crippen LogP contribution >= 0.6 is 0 Å². The number of amides is 3. The maximum absolute atomic E-state index is 13.6. The average molecular weight is 316 g/mol. The number of benzene rings is 2. The van der Waals surface area contributed by atoms with Crippen molar-refractivity contribution < 1.29 is 23.2 Å². The molecule has 1 aliphatic rings. The molecular formula is C16H10F2N2O3. The normalized spacial score (nSPS) is 13.3. The summed E-state index contributed by atoms with van der Waals surface area (Å²) in [6.45, 7) is 0. The number of imide groups is 1. The minimum Gasteiger partial charge on any atom is -0.322 e. The molecule has 1 heterocycles. The van der Waals surface area contributed by atoms with Crippen LogP contribution < -0.4 is 5.32 Å². The van der Waals surface area contributed by atoms with Crippen molar-refractivity contribution in [1.82, 2.24) is 4.90 Å². The van der Waals surface area contributed by atoms with Gasteiger partial charge in [0.1, 0.15) is 0 Å². The van der Waals surface area contributed by atoms with Gasteiger partial charge in [0, 0.05) is 12.7 Å². The summed E-state index contributed by atoms with van der Waals surface area (Å²) >= 11 is 0. The summed E-state index contributed by atoms with van der Waals surface area (Å²) in [6.07, 6.45) is 0. The van der Waals surface area contributed by atoms with Crippen molar-refractivity contribution >= 4 is 23.4 Å². The van der Waals surface area contributed by atoms with Crippen LogP contribution in [0.4, 0.5) is 14.5 Å². The largest absolute Gasteiger partial charge is 0.322 e. The van der Waals surface area contributed by atoms with Gasteiger partial charge in [-0.3, -0.25) is 19.3 Å². The lowest BCUT2D eigenvalue weighted by molar-refractivity contribution is 0.0692. The predicted molar refractivity (Wildman–Crippen MR) is 77.2 cm³/mol. The third-order valence-electron chi connectivity index (χ3n) is 3.54. The molecule has 0 fully saturated rings. The van der Waals surface area contributed by atoms with Gasteiger partial charge in [0.05, 0.1) is 16.7 Å². The summed E-state index contributed by atoms with van der Waals surface area (Å²) in [4.78, 5) is 36.6. The quantitative estimate of drug-likeness (QED) is 0.865. The van der Waals surface area contributed by atoms with E-state index in [1.54, 1.807) is 0 Å². The molecule has 0 bridgehead atoms. The van der Waals surface area contributed by atoms with Crippen molar-refractivity contribution in [2.75, 3.05) is 12.4 Å². The van der Waals surface area contributed by atoms with Gasteiger partial charge in [-0.05, 0) is 30.3 Å². The molecule has 1 aliphatic heterocycles. The molecule has 23 heavy (non-hydrogen) atoms. The van der Waals surface area contributed by atoms with E-state index in [1.165, 1.54) is 31.3 Å². The molecule has 1 N–H and O–H groups in total. The van der Waals surface area contributed by atoms with E-state index >= 15 is 0 Å². The van der Waals surface area contributed by atoms with Crippen molar-refractivity contribution in [3.63, 3.8) is 0 Å². The van der Waals surface area contributed by atoms with Gasteiger partial charge in [-0.15, -0.1) is 0 Å². The van der Waals surface area contributed by atoms with Crippen LogP contribution in [-0.4, -0.2) is 29.7 Å². The molecule has 2 aromatic carbocycles. The van der Waals surface area contributed by atoms with Crippen LogP contribution in [0.2, 0.25) is 0 Å². The summed E-state index contributed by atoms with van der Waals surface area (Å²) in [5.74, 6) is -4.16. The molecule has 3 rings (SSSR count). The highest BCUT2D eigenvalue weighted by Gasteiger charge is 2.32. The van der Waals surface area contributed by atoms with Gasteiger partial charge >= 0.3 is 0 Å². The number of rotatable bonds is 2. The summed E-state index contributed by atoms with van der Waals surface area (Å²) < 4.78 is 26.8. The smallest absolute Gasteiger partial charge is 0.261 e. The lowest BCUT2D eigenvalue weighted by atomic mass is 10.1. The predicted octanol–water partition coefficient (Wildman–Crippen LogP) is 2.44. The molecule has 3 amide bonds. The van der Waals surface area contributed by atoms with Crippen molar-refractivity contribution in [3.8, 4) is 0 Å². The molecule has 5 nitrogen and oxygen atoms in total. The first-order valence-corrected chi connectivity index (χ1v) is 6.62. The third-order valence-corrected chi connectivity index (χ3v) is 3.54. The Morgan fingerprint density at radius 3 is 2.48 bits per heavy atom. The number of hydrogen-bond acceptors (Lipinski definition) is 3. The molecule has 0 unspecified atom stereocenters. The highest BCUT2D eigenvalue weighted by atomic mass is 19.2. The van der Waals surface area contributed by atoms with Crippen LogP contribution in [0.3, 0.4) is 0 Å². The number of fused-ring (bicyclic) bond motifs is 1. The summed E-state index contributed by atoms with van der Waals surface area (Å²) in [5, 5.41) is 2.38. The first-order valence-electron chi connectivity index (χ1n) is 6.62. The monoisotopic (exact) mass is 316 g/mol. The molecule has 0 saturated heterocycles. The molecule has 0 radical (unpaired) electrons. The zero-order chi connectivity index (χ0) is 16.7. The van der Waals surface area contributed by atoms with Crippen LogP contribution in [0.1, 0.15) is 31.1 Å². The first-order chi connectivity index (χ1) is 10.9. The van der Waals surface area contributed by atoms with Gasteiger partial charge in [-0.1, -0.05) is 6.07 Å². The molecular weight excluding hydrogens is 306 g/mol. The van der Waals surface area contributed by atoms with Gasteiger partial charge in [-0.25, -0.2) is 8.78 Å². The third kappa shape index (κ3) is 2.36. The Bertz CT molecular complexity index is 864. The molecule has 2 aromatic rings. The fourth-order valence-corrected chi connectivity index (χ4v) is 2.32. The number of nitrogens with zero attached hydrogens (tertiary/aromatic N) is 1. The van der Waals surface area contributed by atoms with E-state index in [2.05, 4.69) is 5.32 Å². The van der Waals surface area contributed by atoms with Gasteiger partial charge in [0.25, 0.3) is 17.7 Å². The number of halogens is 2. The minimum absolute atomic E-state index is 0.148. The second-order valence-electron chi connectivity index (χ2n) is 4.99. The Kier molecular flexibility index (Phi) is 3.40. The summed E-state index contributed by atoms with van der Waals surface area (Å²) in [6, 6.07) is 7.40. The Labute approximate surface area is 129 Å². The fourth-order valence-electron chi connectivity index (χ4n) is 2.32. The van der Waals surface area contributed by atoms with Gasteiger partial charge < -0.3 is 5.32 Å². The molecule has 0 saturated carbocycles. The summed E-state index contributed by atoms with van der Waals surface area (Å²) in [7, 11) is 1.35. The Hall–Kier alpha value is -3.09. The zero-order valence-electron chi connectivity index (χ0n) is 11.9.